The van der Waals surface area contributed by atoms with Gasteiger partial charge in [0.05, 0.1) is 19.2 Å². The Bertz CT molecular complexity index is 555. The third kappa shape index (κ3) is 2.00. The highest BCUT2D eigenvalue weighted by atomic mass is 32.1. The van der Waals surface area contributed by atoms with E-state index in [-0.39, 0.29) is 12.6 Å². The molecule has 0 radical (unpaired) electrons. The zero-order valence-corrected chi connectivity index (χ0v) is 11.0. The minimum absolute atomic E-state index is 0.159. The van der Waals surface area contributed by atoms with Crippen LogP contribution in [0, 0.1) is 6.92 Å². The van der Waals surface area contributed by atoms with Gasteiger partial charge in [-0.1, -0.05) is 29.5 Å². The van der Waals surface area contributed by atoms with Gasteiger partial charge in [-0.2, -0.15) is 0 Å². The van der Waals surface area contributed by atoms with E-state index in [2.05, 4.69) is 27.2 Å². The molecule has 18 heavy (non-hydrogen) atoms. The molecule has 0 amide bonds. The Labute approximate surface area is 110 Å². The van der Waals surface area contributed by atoms with Crippen molar-refractivity contribution < 1.29 is 5.11 Å². The zero-order valence-electron chi connectivity index (χ0n) is 10.2. The molecule has 1 N–H and O–H groups in total. The first-order chi connectivity index (χ1) is 8.78. The number of aromatic nitrogens is 2. The summed E-state index contributed by atoms with van der Waals surface area (Å²) < 4.78 is 0. The minimum Gasteiger partial charge on any atom is -0.394 e. The van der Waals surface area contributed by atoms with Crippen LogP contribution in [0.15, 0.2) is 24.3 Å². The van der Waals surface area contributed by atoms with Crippen LogP contribution in [-0.4, -0.2) is 28.0 Å². The van der Waals surface area contributed by atoms with Gasteiger partial charge >= 0.3 is 0 Å². The fraction of sp³-hybridized carbons (Fsp3) is 0.385. The number of hydrogen-bond donors (Lipinski definition) is 1. The molecule has 0 saturated carbocycles. The van der Waals surface area contributed by atoms with Crippen LogP contribution in [0.5, 0.6) is 0 Å². The van der Waals surface area contributed by atoms with Crippen molar-refractivity contribution in [3.8, 4) is 0 Å². The van der Waals surface area contributed by atoms with Crippen LogP contribution in [0.2, 0.25) is 0 Å². The highest BCUT2D eigenvalue weighted by molar-refractivity contribution is 7.11. The number of rotatable bonds is 3. The zero-order chi connectivity index (χ0) is 12.5. The molecule has 0 bridgehead atoms. The van der Waals surface area contributed by atoms with Crippen molar-refractivity contribution in [1.82, 2.24) is 10.2 Å². The van der Waals surface area contributed by atoms with Gasteiger partial charge in [0.2, 0.25) is 0 Å². The first kappa shape index (κ1) is 11.6. The molecule has 5 heteroatoms. The van der Waals surface area contributed by atoms with Gasteiger partial charge in [-0.15, -0.1) is 10.2 Å². The lowest BCUT2D eigenvalue weighted by Crippen LogP contribution is -2.34. The third-order valence-corrected chi connectivity index (χ3v) is 4.11. The van der Waals surface area contributed by atoms with E-state index in [0.29, 0.717) is 0 Å². The van der Waals surface area contributed by atoms with E-state index in [4.69, 9.17) is 0 Å². The van der Waals surface area contributed by atoms with Crippen molar-refractivity contribution in [3.63, 3.8) is 0 Å². The monoisotopic (exact) mass is 261 g/mol. The maximum atomic E-state index is 9.52. The van der Waals surface area contributed by atoms with Crippen LogP contribution >= 0.6 is 11.3 Å². The second-order valence-corrected chi connectivity index (χ2v) is 5.78. The van der Waals surface area contributed by atoms with Gasteiger partial charge in [0.25, 0.3) is 0 Å². The van der Waals surface area contributed by atoms with Crippen LogP contribution in [-0.2, 0) is 13.0 Å². The SMILES string of the molecule is Cc1nnc(CN2c3ccccc3CC2CO)s1. The Balaban J connectivity index is 1.89. The molecule has 0 saturated heterocycles. The number of aliphatic hydroxyl groups excluding tert-OH is 1. The molecule has 1 aliphatic heterocycles. The maximum Gasteiger partial charge on any atom is 0.136 e. The maximum absolute atomic E-state index is 9.52. The number of fused-ring (bicyclic) bond motifs is 1. The number of aliphatic hydroxyl groups is 1. The average Bonchev–Trinajstić information content (AvgIpc) is 2.94. The predicted octanol–water partition coefficient (Wildman–Crippen LogP) is 1.77. The van der Waals surface area contributed by atoms with Gasteiger partial charge in [0, 0.05) is 5.69 Å². The van der Waals surface area contributed by atoms with Crippen molar-refractivity contribution in [2.75, 3.05) is 11.5 Å². The molecule has 1 aromatic carbocycles. The third-order valence-electron chi connectivity index (χ3n) is 3.28. The van der Waals surface area contributed by atoms with Crippen LogP contribution in [0.25, 0.3) is 0 Å². The number of hydrogen-bond acceptors (Lipinski definition) is 5. The molecule has 94 valence electrons. The molecular weight excluding hydrogens is 246 g/mol. The first-order valence-corrected chi connectivity index (χ1v) is 6.84. The lowest BCUT2D eigenvalue weighted by atomic mass is 10.1. The summed E-state index contributed by atoms with van der Waals surface area (Å²) in [6.45, 7) is 2.86. The normalized spacial score (nSPS) is 18.1. The fourth-order valence-corrected chi connectivity index (χ4v) is 3.16. The molecule has 1 aromatic heterocycles. The standard InChI is InChI=1S/C13H15N3OS/c1-9-14-15-13(18-9)7-16-11(8-17)6-10-4-2-3-5-12(10)16/h2-5,11,17H,6-8H2,1H3. The Kier molecular flexibility index (Phi) is 3.01. The van der Waals surface area contributed by atoms with Crippen LogP contribution in [0.1, 0.15) is 15.6 Å². The molecule has 0 spiro atoms. The summed E-state index contributed by atoms with van der Waals surface area (Å²) in [5, 5.41) is 19.7. The molecular formula is C13H15N3OS. The van der Waals surface area contributed by atoms with E-state index in [1.165, 1.54) is 11.3 Å². The Morgan fingerprint density at radius 3 is 2.94 bits per heavy atom. The lowest BCUT2D eigenvalue weighted by Gasteiger charge is -2.24. The van der Waals surface area contributed by atoms with Crippen LogP contribution < -0.4 is 4.90 Å². The topological polar surface area (TPSA) is 49.2 Å². The van der Waals surface area contributed by atoms with Crippen molar-refractivity contribution in [2.24, 2.45) is 0 Å². The Morgan fingerprint density at radius 2 is 2.22 bits per heavy atom. The highest BCUT2D eigenvalue weighted by Crippen LogP contribution is 2.33. The quantitative estimate of drug-likeness (QED) is 0.915. The Morgan fingerprint density at radius 1 is 1.39 bits per heavy atom. The molecule has 1 aliphatic rings. The summed E-state index contributed by atoms with van der Waals surface area (Å²) in [7, 11) is 0. The largest absolute Gasteiger partial charge is 0.394 e. The van der Waals surface area contributed by atoms with Gasteiger partial charge in [0.1, 0.15) is 10.0 Å². The second-order valence-electron chi connectivity index (χ2n) is 4.51. The van der Waals surface area contributed by atoms with E-state index in [9.17, 15) is 5.11 Å². The molecule has 3 rings (SSSR count). The van der Waals surface area contributed by atoms with Gasteiger partial charge in [-0.3, -0.25) is 0 Å². The summed E-state index contributed by atoms with van der Waals surface area (Å²) in [5.74, 6) is 0. The fourth-order valence-electron chi connectivity index (χ4n) is 2.45. The van der Waals surface area contributed by atoms with Crippen molar-refractivity contribution >= 4 is 17.0 Å². The van der Waals surface area contributed by atoms with Gasteiger partial charge in [0.15, 0.2) is 0 Å². The smallest absolute Gasteiger partial charge is 0.136 e. The van der Waals surface area contributed by atoms with Gasteiger partial charge < -0.3 is 10.0 Å². The molecule has 0 fully saturated rings. The molecule has 4 nitrogen and oxygen atoms in total. The van der Waals surface area contributed by atoms with E-state index in [0.717, 1.165) is 23.0 Å². The van der Waals surface area contributed by atoms with Crippen LogP contribution in [0.3, 0.4) is 0 Å². The molecule has 2 aromatic rings. The molecule has 0 aliphatic carbocycles. The minimum atomic E-state index is 0.159. The van der Waals surface area contributed by atoms with Gasteiger partial charge in [-0.25, -0.2) is 0 Å². The number of aryl methyl sites for hydroxylation is 1. The first-order valence-electron chi connectivity index (χ1n) is 6.02. The second kappa shape index (κ2) is 4.66. The summed E-state index contributed by atoms with van der Waals surface area (Å²) >= 11 is 1.62. The predicted molar refractivity (Wildman–Crippen MR) is 71.8 cm³/mol. The highest BCUT2D eigenvalue weighted by Gasteiger charge is 2.28. The summed E-state index contributed by atoms with van der Waals surface area (Å²) in [4.78, 5) is 2.23. The molecule has 2 heterocycles. The lowest BCUT2D eigenvalue weighted by molar-refractivity contribution is 0.262. The number of para-hydroxylation sites is 1. The molecule has 1 unspecified atom stereocenters. The summed E-state index contributed by atoms with van der Waals surface area (Å²) in [5.41, 5.74) is 2.52. The Hall–Kier alpha value is -1.46. The van der Waals surface area contributed by atoms with E-state index in [1.54, 1.807) is 11.3 Å². The summed E-state index contributed by atoms with van der Waals surface area (Å²) in [6.07, 6.45) is 0.907. The van der Waals surface area contributed by atoms with E-state index >= 15 is 0 Å². The molecule has 1 atom stereocenters. The number of anilines is 1. The van der Waals surface area contributed by atoms with E-state index in [1.807, 2.05) is 19.1 Å². The van der Waals surface area contributed by atoms with Gasteiger partial charge in [-0.05, 0) is 25.0 Å². The van der Waals surface area contributed by atoms with Crippen LogP contribution in [0.4, 0.5) is 5.69 Å². The van der Waals surface area contributed by atoms with Crippen molar-refractivity contribution in [3.05, 3.63) is 39.8 Å². The number of nitrogens with zero attached hydrogens (tertiary/aromatic N) is 3. The van der Waals surface area contributed by atoms with Crippen molar-refractivity contribution in [1.29, 1.82) is 0 Å². The summed E-state index contributed by atoms with van der Waals surface area (Å²) in [6, 6.07) is 8.48. The van der Waals surface area contributed by atoms with E-state index < -0.39 is 0 Å². The number of benzene rings is 1. The average molecular weight is 261 g/mol. The van der Waals surface area contributed by atoms with Crippen molar-refractivity contribution in [2.45, 2.75) is 25.9 Å².